The number of amides is 3. The maximum Gasteiger partial charge on any atom is 0.317 e. The van der Waals surface area contributed by atoms with Gasteiger partial charge in [0.15, 0.2) is 9.84 Å². The van der Waals surface area contributed by atoms with Gasteiger partial charge in [0, 0.05) is 63.1 Å². The topological polar surface area (TPSA) is 90.0 Å². The molecule has 0 aliphatic carbocycles. The number of benzene rings is 2. The van der Waals surface area contributed by atoms with Gasteiger partial charge in [-0.3, -0.25) is 4.79 Å². The summed E-state index contributed by atoms with van der Waals surface area (Å²) in [5.41, 5.74) is 1.95. The van der Waals surface area contributed by atoms with Crippen LogP contribution in [0.15, 0.2) is 59.5 Å². The normalized spacial score (nSPS) is 17.8. The number of carbonyl (C=O) groups excluding carboxylic acids is 2. The Kier molecular flexibility index (Phi) is 10.9. The molecule has 2 aliphatic rings. The smallest absolute Gasteiger partial charge is 0.317 e. The first-order chi connectivity index (χ1) is 19.2. The summed E-state index contributed by atoms with van der Waals surface area (Å²) in [5, 5.41) is 3.29. The van der Waals surface area contributed by atoms with E-state index in [2.05, 4.69) is 22.3 Å². The first-order valence-electron chi connectivity index (χ1n) is 14.2. The molecule has 0 saturated carbocycles. The van der Waals surface area contributed by atoms with Gasteiger partial charge in [-0.2, -0.15) is 11.8 Å². The van der Waals surface area contributed by atoms with Gasteiger partial charge in [-0.25, -0.2) is 13.2 Å². The summed E-state index contributed by atoms with van der Waals surface area (Å²) in [4.78, 5) is 32.7. The minimum absolute atomic E-state index is 0.0240. The Labute approximate surface area is 243 Å². The van der Waals surface area contributed by atoms with Crippen molar-refractivity contribution in [1.82, 2.24) is 20.0 Å². The van der Waals surface area contributed by atoms with Gasteiger partial charge in [0.2, 0.25) is 5.91 Å². The fraction of sp³-hybridized carbons (Fsp3) is 0.533. The maximum atomic E-state index is 13.2. The summed E-state index contributed by atoms with van der Waals surface area (Å²) in [6.45, 7) is 6.98. The van der Waals surface area contributed by atoms with E-state index in [0.717, 1.165) is 74.6 Å². The number of hydrogen-bond donors (Lipinski definition) is 1. The number of nitrogens with one attached hydrogen (secondary N) is 1. The molecule has 2 aliphatic heterocycles. The van der Waals surface area contributed by atoms with E-state index in [0.29, 0.717) is 6.54 Å². The Morgan fingerprint density at radius 3 is 2.25 bits per heavy atom. The lowest BCUT2D eigenvalue weighted by molar-refractivity contribution is -0.133. The summed E-state index contributed by atoms with van der Waals surface area (Å²) < 4.78 is 23.4. The van der Waals surface area contributed by atoms with Gasteiger partial charge < -0.3 is 20.0 Å². The number of nitrogens with zero attached hydrogens (tertiary/aromatic N) is 3. The predicted molar refractivity (Wildman–Crippen MR) is 161 cm³/mol. The second-order valence-electron chi connectivity index (χ2n) is 10.6. The summed E-state index contributed by atoms with van der Waals surface area (Å²) in [6, 6.07) is 17.0. The van der Waals surface area contributed by atoms with Crippen LogP contribution in [-0.4, -0.2) is 98.1 Å². The third-order valence-corrected chi connectivity index (χ3v) is 9.97. The number of likely N-dealkylation sites (tertiary alicyclic amines) is 1. The van der Waals surface area contributed by atoms with Gasteiger partial charge in [-0.05, 0) is 49.4 Å². The molecule has 4 rings (SSSR count). The van der Waals surface area contributed by atoms with Crippen molar-refractivity contribution in [2.24, 2.45) is 0 Å². The van der Waals surface area contributed by atoms with Crippen molar-refractivity contribution in [3.63, 3.8) is 0 Å². The number of sulfone groups is 1. The van der Waals surface area contributed by atoms with Crippen molar-refractivity contribution in [2.75, 3.05) is 57.0 Å². The zero-order chi connectivity index (χ0) is 28.5. The highest BCUT2D eigenvalue weighted by atomic mass is 32.2. The van der Waals surface area contributed by atoms with Gasteiger partial charge in [-0.15, -0.1) is 0 Å². The van der Waals surface area contributed by atoms with E-state index in [4.69, 9.17) is 0 Å². The Bertz CT molecular complexity index is 1210. The van der Waals surface area contributed by atoms with Gasteiger partial charge in [0.05, 0.1) is 17.4 Å². The molecule has 0 unspecified atom stereocenters. The van der Waals surface area contributed by atoms with E-state index in [9.17, 15) is 18.0 Å². The van der Waals surface area contributed by atoms with E-state index in [1.807, 2.05) is 46.7 Å². The first-order valence-corrected chi connectivity index (χ1v) is 17.3. The van der Waals surface area contributed by atoms with E-state index in [1.54, 1.807) is 24.3 Å². The van der Waals surface area contributed by atoms with Crippen LogP contribution < -0.4 is 5.32 Å². The summed E-state index contributed by atoms with van der Waals surface area (Å²) in [6.07, 6.45) is 4.13. The van der Waals surface area contributed by atoms with Crippen LogP contribution in [0.2, 0.25) is 0 Å². The van der Waals surface area contributed by atoms with Crippen LogP contribution in [0.5, 0.6) is 0 Å². The standard InChI is InChI=1S/C30H42N4O4S2/c1-3-34(29(35)23-24-9-11-27(12-10-24)40(2,37)38)26-13-16-32(17-14-26)18-15-28(25-7-5-4-6-8-25)31-30(36)33-19-21-39-22-20-33/h4-12,26,28H,3,13-23H2,1-2H3,(H,31,36)/t28-/m0/s1. The van der Waals surface area contributed by atoms with E-state index >= 15 is 0 Å². The highest BCUT2D eigenvalue weighted by Gasteiger charge is 2.28. The van der Waals surface area contributed by atoms with Crippen LogP contribution in [0.25, 0.3) is 0 Å². The van der Waals surface area contributed by atoms with Crippen molar-refractivity contribution in [2.45, 2.75) is 49.6 Å². The van der Waals surface area contributed by atoms with Crippen LogP contribution in [0.1, 0.15) is 43.4 Å². The molecule has 40 heavy (non-hydrogen) atoms. The molecule has 2 fully saturated rings. The lowest BCUT2D eigenvalue weighted by Crippen LogP contribution is -2.48. The fourth-order valence-electron chi connectivity index (χ4n) is 5.55. The van der Waals surface area contributed by atoms with Gasteiger partial charge in [-0.1, -0.05) is 42.5 Å². The molecule has 2 saturated heterocycles. The second-order valence-corrected chi connectivity index (χ2v) is 13.9. The molecule has 218 valence electrons. The Hall–Kier alpha value is -2.56. The molecule has 1 N–H and O–H groups in total. The van der Waals surface area contributed by atoms with Crippen LogP contribution in [0, 0.1) is 0 Å². The highest BCUT2D eigenvalue weighted by molar-refractivity contribution is 7.99. The summed E-state index contributed by atoms with van der Waals surface area (Å²) in [7, 11) is -3.25. The molecular formula is C30H42N4O4S2. The van der Waals surface area contributed by atoms with E-state index < -0.39 is 9.84 Å². The number of urea groups is 1. The maximum absolute atomic E-state index is 13.2. The zero-order valence-corrected chi connectivity index (χ0v) is 25.3. The van der Waals surface area contributed by atoms with Crippen molar-refractivity contribution in [1.29, 1.82) is 0 Å². The van der Waals surface area contributed by atoms with Crippen LogP contribution in [0.3, 0.4) is 0 Å². The Morgan fingerprint density at radius 2 is 1.65 bits per heavy atom. The first kappa shape index (κ1) is 30.4. The van der Waals surface area contributed by atoms with Gasteiger partial charge in [0.25, 0.3) is 0 Å². The number of piperidine rings is 1. The molecule has 2 aromatic rings. The number of likely N-dealkylation sites (N-methyl/N-ethyl adjacent to an activating group) is 1. The Morgan fingerprint density at radius 1 is 1.00 bits per heavy atom. The quantitative estimate of drug-likeness (QED) is 0.455. The third kappa shape index (κ3) is 8.47. The molecular weight excluding hydrogens is 544 g/mol. The SMILES string of the molecule is CCN(C(=O)Cc1ccc(S(C)(=O)=O)cc1)C1CCN(CC[C@H](NC(=O)N2CCSCC2)c2ccccc2)CC1. The average Bonchev–Trinajstić information content (AvgIpc) is 2.97. The van der Waals surface area contributed by atoms with Crippen LogP contribution >= 0.6 is 11.8 Å². The summed E-state index contributed by atoms with van der Waals surface area (Å²) >= 11 is 1.89. The highest BCUT2D eigenvalue weighted by Crippen LogP contribution is 2.22. The molecule has 3 amide bonds. The van der Waals surface area contributed by atoms with Crippen molar-refractivity contribution >= 4 is 33.5 Å². The molecule has 2 heterocycles. The predicted octanol–water partition coefficient (Wildman–Crippen LogP) is 3.84. The minimum Gasteiger partial charge on any atom is -0.340 e. The number of thioether (sulfide) groups is 1. The van der Waals surface area contributed by atoms with Crippen LogP contribution in [0.4, 0.5) is 4.79 Å². The molecule has 2 aromatic carbocycles. The second kappa shape index (κ2) is 14.4. The molecule has 10 heteroatoms. The van der Waals surface area contributed by atoms with Crippen LogP contribution in [-0.2, 0) is 21.1 Å². The lowest BCUT2D eigenvalue weighted by Gasteiger charge is -2.39. The molecule has 0 spiro atoms. The van der Waals surface area contributed by atoms with E-state index in [-0.39, 0.29) is 35.3 Å². The third-order valence-electron chi connectivity index (χ3n) is 7.90. The molecule has 0 radical (unpaired) electrons. The van der Waals surface area contributed by atoms with Crippen molar-refractivity contribution < 1.29 is 18.0 Å². The average molecular weight is 587 g/mol. The molecule has 1 atom stereocenters. The monoisotopic (exact) mass is 586 g/mol. The number of carbonyl (C=O) groups is 2. The molecule has 0 bridgehead atoms. The minimum atomic E-state index is -3.25. The number of hydrogen-bond acceptors (Lipinski definition) is 6. The lowest BCUT2D eigenvalue weighted by atomic mass is 10.00. The molecule has 0 aromatic heterocycles. The zero-order valence-electron chi connectivity index (χ0n) is 23.6. The van der Waals surface area contributed by atoms with E-state index in [1.165, 1.54) is 6.26 Å². The van der Waals surface area contributed by atoms with Gasteiger partial charge >= 0.3 is 6.03 Å². The van der Waals surface area contributed by atoms with Gasteiger partial charge in [0.1, 0.15) is 0 Å². The number of rotatable bonds is 10. The fourth-order valence-corrected chi connectivity index (χ4v) is 7.08. The largest absolute Gasteiger partial charge is 0.340 e. The summed E-state index contributed by atoms with van der Waals surface area (Å²) in [5.74, 6) is 2.06. The van der Waals surface area contributed by atoms with Crippen molar-refractivity contribution in [3.8, 4) is 0 Å². The Balaban J connectivity index is 1.28. The van der Waals surface area contributed by atoms with Crippen molar-refractivity contribution in [3.05, 3.63) is 65.7 Å². The molecule has 8 nitrogen and oxygen atoms in total.